The van der Waals surface area contributed by atoms with Gasteiger partial charge in [0.05, 0.1) is 17.8 Å². The van der Waals surface area contributed by atoms with Crippen LogP contribution in [0.1, 0.15) is 40.2 Å². The lowest BCUT2D eigenvalue weighted by molar-refractivity contribution is 0.00578. The first kappa shape index (κ1) is 16.3. The van der Waals surface area contributed by atoms with Crippen LogP contribution in [0.3, 0.4) is 0 Å². The number of nitrogens with one attached hydrogen (secondary N) is 1. The number of rotatable bonds is 5. The van der Waals surface area contributed by atoms with E-state index in [9.17, 15) is 0 Å². The molecular formula is C15H25BN2O3. The normalized spacial score (nSPS) is 19.8. The van der Waals surface area contributed by atoms with Gasteiger partial charge in [0, 0.05) is 30.9 Å². The van der Waals surface area contributed by atoms with Crippen molar-refractivity contribution in [2.75, 3.05) is 19.0 Å². The van der Waals surface area contributed by atoms with E-state index in [1.54, 1.807) is 13.3 Å². The highest BCUT2D eigenvalue weighted by Gasteiger charge is 2.51. The fraction of sp³-hybridized carbons (Fsp3) is 0.667. The molecular weight excluding hydrogens is 267 g/mol. The van der Waals surface area contributed by atoms with Gasteiger partial charge < -0.3 is 19.4 Å². The van der Waals surface area contributed by atoms with Crippen LogP contribution in [0.4, 0.5) is 5.82 Å². The molecule has 1 aromatic heterocycles. The van der Waals surface area contributed by atoms with Crippen molar-refractivity contribution in [2.45, 2.75) is 52.4 Å². The van der Waals surface area contributed by atoms with Gasteiger partial charge in [-0.15, -0.1) is 0 Å². The van der Waals surface area contributed by atoms with Crippen LogP contribution in [0.15, 0.2) is 12.3 Å². The second-order valence-electron chi connectivity index (χ2n) is 6.33. The maximum atomic E-state index is 6.06. The predicted molar refractivity (Wildman–Crippen MR) is 84.8 cm³/mol. The zero-order valence-electron chi connectivity index (χ0n) is 13.8. The Bertz CT molecular complexity index is 490. The standard InChI is InChI=1S/C15H25BN2O3/c1-7-17-13-11(10-19-6)8-12(9-18-13)16-20-14(2,3)15(4,5)21-16/h8-9H,7,10H2,1-6H3,(H,17,18). The van der Waals surface area contributed by atoms with Gasteiger partial charge in [-0.25, -0.2) is 4.98 Å². The average molecular weight is 292 g/mol. The van der Waals surface area contributed by atoms with E-state index in [0.29, 0.717) is 6.61 Å². The van der Waals surface area contributed by atoms with Gasteiger partial charge in [-0.2, -0.15) is 0 Å². The van der Waals surface area contributed by atoms with Gasteiger partial charge in [-0.05, 0) is 34.6 Å². The lowest BCUT2D eigenvalue weighted by Gasteiger charge is -2.32. The molecule has 2 heterocycles. The van der Waals surface area contributed by atoms with Crippen LogP contribution < -0.4 is 10.8 Å². The molecule has 2 rings (SSSR count). The molecule has 0 bridgehead atoms. The summed E-state index contributed by atoms with van der Waals surface area (Å²) < 4.78 is 17.4. The topological polar surface area (TPSA) is 52.6 Å². The van der Waals surface area contributed by atoms with Crippen molar-refractivity contribution in [2.24, 2.45) is 0 Å². The lowest BCUT2D eigenvalue weighted by atomic mass is 9.79. The number of hydrogen-bond donors (Lipinski definition) is 1. The molecule has 1 aliphatic heterocycles. The molecule has 0 saturated carbocycles. The Labute approximate surface area is 127 Å². The molecule has 0 amide bonds. The summed E-state index contributed by atoms with van der Waals surface area (Å²) in [6, 6.07) is 2.04. The first-order chi connectivity index (χ1) is 9.80. The molecule has 5 nitrogen and oxygen atoms in total. The molecule has 1 fully saturated rings. The molecule has 21 heavy (non-hydrogen) atoms. The van der Waals surface area contributed by atoms with Crippen LogP contribution in [-0.2, 0) is 20.7 Å². The van der Waals surface area contributed by atoms with Crippen molar-refractivity contribution in [3.8, 4) is 0 Å². The molecule has 0 radical (unpaired) electrons. The number of pyridine rings is 1. The van der Waals surface area contributed by atoms with Crippen LogP contribution in [0.25, 0.3) is 0 Å². The molecule has 6 heteroatoms. The largest absolute Gasteiger partial charge is 0.496 e. The Hall–Kier alpha value is -1.11. The molecule has 116 valence electrons. The second kappa shape index (κ2) is 5.95. The molecule has 1 aromatic rings. The van der Waals surface area contributed by atoms with Crippen molar-refractivity contribution < 1.29 is 14.0 Å². The van der Waals surface area contributed by atoms with E-state index in [1.165, 1.54) is 0 Å². The third-order valence-electron chi connectivity index (χ3n) is 4.16. The summed E-state index contributed by atoms with van der Waals surface area (Å²) in [6.07, 6.45) is 1.80. The number of anilines is 1. The summed E-state index contributed by atoms with van der Waals surface area (Å²) in [5, 5.41) is 3.24. The minimum absolute atomic E-state index is 0.348. The molecule has 0 aromatic carbocycles. The molecule has 0 aliphatic carbocycles. The van der Waals surface area contributed by atoms with Crippen molar-refractivity contribution >= 4 is 18.4 Å². The van der Waals surface area contributed by atoms with E-state index in [2.05, 4.69) is 10.3 Å². The fourth-order valence-electron chi connectivity index (χ4n) is 2.23. The molecule has 1 aliphatic rings. The second-order valence-corrected chi connectivity index (χ2v) is 6.33. The zero-order chi connectivity index (χ0) is 15.7. The van der Waals surface area contributed by atoms with Gasteiger partial charge in [-0.3, -0.25) is 0 Å². The Balaban J connectivity index is 2.27. The van der Waals surface area contributed by atoms with E-state index < -0.39 is 7.12 Å². The van der Waals surface area contributed by atoms with E-state index >= 15 is 0 Å². The van der Waals surface area contributed by atoms with Gasteiger partial charge in [0.15, 0.2) is 0 Å². The van der Waals surface area contributed by atoms with Crippen molar-refractivity contribution in [3.05, 3.63) is 17.8 Å². The van der Waals surface area contributed by atoms with E-state index in [-0.39, 0.29) is 11.2 Å². The van der Waals surface area contributed by atoms with Gasteiger partial charge in [0.2, 0.25) is 0 Å². The molecule has 1 N–H and O–H groups in total. The molecule has 0 unspecified atom stereocenters. The van der Waals surface area contributed by atoms with Gasteiger partial charge in [0.25, 0.3) is 0 Å². The summed E-state index contributed by atoms with van der Waals surface area (Å²) in [5.41, 5.74) is 1.23. The highest BCUT2D eigenvalue weighted by atomic mass is 16.7. The minimum atomic E-state index is -0.395. The summed E-state index contributed by atoms with van der Waals surface area (Å²) in [5.74, 6) is 0.847. The van der Waals surface area contributed by atoms with E-state index in [0.717, 1.165) is 23.4 Å². The van der Waals surface area contributed by atoms with Gasteiger partial charge in [0.1, 0.15) is 5.82 Å². The summed E-state index contributed by atoms with van der Waals surface area (Å²) in [6.45, 7) is 11.5. The lowest BCUT2D eigenvalue weighted by Crippen LogP contribution is -2.41. The Morgan fingerprint density at radius 2 is 1.86 bits per heavy atom. The van der Waals surface area contributed by atoms with E-state index in [4.69, 9.17) is 14.0 Å². The fourth-order valence-corrected chi connectivity index (χ4v) is 2.23. The van der Waals surface area contributed by atoms with Gasteiger partial charge in [-0.1, -0.05) is 6.07 Å². The molecule has 1 saturated heterocycles. The molecule has 0 spiro atoms. The number of methoxy groups -OCH3 is 1. The zero-order valence-corrected chi connectivity index (χ0v) is 13.8. The first-order valence-electron chi connectivity index (χ1n) is 7.38. The monoisotopic (exact) mass is 292 g/mol. The maximum Gasteiger partial charge on any atom is 0.496 e. The average Bonchev–Trinajstić information content (AvgIpc) is 2.61. The quantitative estimate of drug-likeness (QED) is 0.841. The van der Waals surface area contributed by atoms with E-state index in [1.807, 2.05) is 40.7 Å². The van der Waals surface area contributed by atoms with Crippen molar-refractivity contribution in [1.82, 2.24) is 4.98 Å². The number of hydrogen-bond acceptors (Lipinski definition) is 5. The highest BCUT2D eigenvalue weighted by Crippen LogP contribution is 2.36. The summed E-state index contributed by atoms with van der Waals surface area (Å²) >= 11 is 0. The van der Waals surface area contributed by atoms with Crippen LogP contribution >= 0.6 is 0 Å². The highest BCUT2D eigenvalue weighted by molar-refractivity contribution is 6.62. The summed E-state index contributed by atoms with van der Waals surface area (Å²) in [4.78, 5) is 4.48. The van der Waals surface area contributed by atoms with Crippen LogP contribution in [0.5, 0.6) is 0 Å². The third kappa shape index (κ3) is 3.22. The Morgan fingerprint density at radius 1 is 1.24 bits per heavy atom. The number of nitrogens with zero attached hydrogens (tertiary/aromatic N) is 1. The smallest absolute Gasteiger partial charge is 0.399 e. The van der Waals surface area contributed by atoms with Crippen LogP contribution in [0.2, 0.25) is 0 Å². The summed E-state index contributed by atoms with van der Waals surface area (Å²) in [7, 11) is 1.28. The minimum Gasteiger partial charge on any atom is -0.399 e. The Morgan fingerprint density at radius 3 is 2.38 bits per heavy atom. The number of ether oxygens (including phenoxy) is 1. The Kier molecular flexibility index (Phi) is 4.61. The first-order valence-corrected chi connectivity index (χ1v) is 7.38. The third-order valence-corrected chi connectivity index (χ3v) is 4.16. The van der Waals surface area contributed by atoms with Crippen LogP contribution in [0, 0.1) is 0 Å². The predicted octanol–water partition coefficient (Wildman–Crippen LogP) is 1.96. The van der Waals surface area contributed by atoms with Crippen LogP contribution in [-0.4, -0.2) is 37.0 Å². The van der Waals surface area contributed by atoms with Crippen molar-refractivity contribution in [3.63, 3.8) is 0 Å². The van der Waals surface area contributed by atoms with Gasteiger partial charge >= 0.3 is 7.12 Å². The number of aromatic nitrogens is 1. The maximum absolute atomic E-state index is 6.06. The SMILES string of the molecule is CCNc1ncc(B2OC(C)(C)C(C)(C)O2)cc1COC. The van der Waals surface area contributed by atoms with Crippen molar-refractivity contribution in [1.29, 1.82) is 0 Å². The molecule has 0 atom stereocenters.